The van der Waals surface area contributed by atoms with E-state index >= 15 is 0 Å². The molecule has 3 aromatic carbocycles. The van der Waals surface area contributed by atoms with Crippen LogP contribution in [0.2, 0.25) is 5.02 Å². The van der Waals surface area contributed by atoms with E-state index in [-0.39, 0.29) is 11.4 Å². The molecule has 1 N–H and O–H groups in total. The van der Waals surface area contributed by atoms with Crippen LogP contribution in [0, 0.1) is 20.2 Å². The van der Waals surface area contributed by atoms with Gasteiger partial charge in [0, 0.05) is 17.5 Å². The molecular formula is C20H15ClN4O4. The highest BCUT2D eigenvalue weighted by molar-refractivity contribution is 6.30. The molecule has 0 fully saturated rings. The first-order valence-electron chi connectivity index (χ1n) is 8.49. The van der Waals surface area contributed by atoms with Gasteiger partial charge in [0.15, 0.2) is 0 Å². The lowest BCUT2D eigenvalue weighted by molar-refractivity contribution is -0.393. The summed E-state index contributed by atoms with van der Waals surface area (Å²) in [6.07, 6.45) is 0.469. The number of nitro benzene ring substituents is 2. The molecule has 8 nitrogen and oxygen atoms in total. The standard InChI is InChI=1S/C20H15ClN4O4/c21-16-8-6-15(7-9-16)19(12-14-4-2-1-3-5-14)23-22-18-11-10-17(24(26)27)13-20(18)25(28)29/h1-11,13,22H,12H2/b23-19-. The third kappa shape index (κ3) is 5.14. The normalized spacial score (nSPS) is 11.1. The van der Waals surface area contributed by atoms with Gasteiger partial charge < -0.3 is 0 Å². The van der Waals surface area contributed by atoms with Crippen molar-refractivity contribution in [3.63, 3.8) is 0 Å². The van der Waals surface area contributed by atoms with E-state index in [9.17, 15) is 20.2 Å². The molecule has 0 amide bonds. The molecule has 0 saturated carbocycles. The van der Waals surface area contributed by atoms with Crippen molar-refractivity contribution in [1.82, 2.24) is 0 Å². The van der Waals surface area contributed by atoms with Crippen molar-refractivity contribution in [2.75, 3.05) is 5.43 Å². The van der Waals surface area contributed by atoms with Gasteiger partial charge in [-0.15, -0.1) is 0 Å². The third-order valence-electron chi connectivity index (χ3n) is 4.09. The summed E-state index contributed by atoms with van der Waals surface area (Å²) in [5, 5.41) is 27.1. The van der Waals surface area contributed by atoms with Gasteiger partial charge in [0.25, 0.3) is 5.69 Å². The van der Waals surface area contributed by atoms with Crippen LogP contribution >= 0.6 is 11.6 Å². The van der Waals surface area contributed by atoms with Gasteiger partial charge in [-0.25, -0.2) is 0 Å². The van der Waals surface area contributed by atoms with Crippen molar-refractivity contribution >= 4 is 34.4 Å². The fourth-order valence-corrected chi connectivity index (χ4v) is 2.77. The maximum atomic E-state index is 11.3. The molecule has 3 rings (SSSR count). The number of rotatable bonds is 7. The average Bonchev–Trinajstić information content (AvgIpc) is 2.72. The lowest BCUT2D eigenvalue weighted by atomic mass is 10.0. The fourth-order valence-electron chi connectivity index (χ4n) is 2.64. The molecule has 0 aliphatic heterocycles. The fraction of sp³-hybridized carbons (Fsp3) is 0.0500. The number of benzene rings is 3. The van der Waals surface area contributed by atoms with Crippen LogP contribution < -0.4 is 5.43 Å². The minimum absolute atomic E-state index is 0.0557. The van der Waals surface area contributed by atoms with Gasteiger partial charge in [-0.3, -0.25) is 25.7 Å². The molecular weight excluding hydrogens is 396 g/mol. The van der Waals surface area contributed by atoms with E-state index in [0.29, 0.717) is 17.2 Å². The minimum atomic E-state index is -0.690. The zero-order chi connectivity index (χ0) is 20.8. The van der Waals surface area contributed by atoms with Gasteiger partial charge in [0.1, 0.15) is 5.69 Å². The second kappa shape index (κ2) is 8.94. The Labute approximate surface area is 170 Å². The molecule has 9 heteroatoms. The first-order valence-corrected chi connectivity index (χ1v) is 8.87. The molecule has 29 heavy (non-hydrogen) atoms. The van der Waals surface area contributed by atoms with Crippen molar-refractivity contribution < 1.29 is 9.85 Å². The molecule has 3 aromatic rings. The van der Waals surface area contributed by atoms with Crippen LogP contribution in [0.4, 0.5) is 17.1 Å². The summed E-state index contributed by atoms with van der Waals surface area (Å²) < 4.78 is 0. The van der Waals surface area contributed by atoms with Crippen LogP contribution in [0.15, 0.2) is 77.9 Å². The van der Waals surface area contributed by atoms with E-state index in [1.54, 1.807) is 24.3 Å². The second-order valence-corrected chi connectivity index (χ2v) is 6.49. The van der Waals surface area contributed by atoms with Gasteiger partial charge in [-0.05, 0) is 29.3 Å². The smallest absolute Gasteiger partial charge is 0.271 e. The summed E-state index contributed by atoms with van der Waals surface area (Å²) in [4.78, 5) is 20.8. The Balaban J connectivity index is 1.97. The summed E-state index contributed by atoms with van der Waals surface area (Å²) in [6, 6.07) is 20.0. The van der Waals surface area contributed by atoms with E-state index in [2.05, 4.69) is 10.5 Å². The van der Waals surface area contributed by atoms with Crippen LogP contribution in [-0.4, -0.2) is 15.6 Å². The molecule has 0 aliphatic carbocycles. The number of non-ortho nitro benzene ring substituents is 1. The summed E-state index contributed by atoms with van der Waals surface area (Å²) in [6.45, 7) is 0. The second-order valence-electron chi connectivity index (χ2n) is 6.06. The van der Waals surface area contributed by atoms with Crippen molar-refractivity contribution in [3.05, 3.63) is 109 Å². The Kier molecular flexibility index (Phi) is 6.16. The average molecular weight is 411 g/mol. The SMILES string of the molecule is O=[N+]([O-])c1ccc(N/N=C(/Cc2ccccc2)c2ccc(Cl)cc2)c([N+](=O)[O-])c1. The highest BCUT2D eigenvalue weighted by atomic mass is 35.5. The van der Waals surface area contributed by atoms with Gasteiger partial charge >= 0.3 is 5.69 Å². The number of hydrazone groups is 1. The van der Waals surface area contributed by atoms with Gasteiger partial charge in [-0.2, -0.15) is 5.10 Å². The molecule has 0 aliphatic rings. The van der Waals surface area contributed by atoms with Crippen LogP contribution in [0.3, 0.4) is 0 Å². The summed E-state index contributed by atoms with van der Waals surface area (Å²) in [7, 11) is 0. The Bertz CT molecular complexity index is 1070. The Morgan fingerprint density at radius 2 is 1.62 bits per heavy atom. The van der Waals surface area contributed by atoms with E-state index in [4.69, 9.17) is 11.6 Å². The Hall–Kier alpha value is -3.78. The van der Waals surface area contributed by atoms with Crippen molar-refractivity contribution in [2.45, 2.75) is 6.42 Å². The monoisotopic (exact) mass is 410 g/mol. The van der Waals surface area contributed by atoms with Gasteiger partial charge in [0.2, 0.25) is 0 Å². The maximum Gasteiger partial charge on any atom is 0.301 e. The highest BCUT2D eigenvalue weighted by Crippen LogP contribution is 2.29. The molecule has 146 valence electrons. The van der Waals surface area contributed by atoms with Gasteiger partial charge in [-0.1, -0.05) is 54.1 Å². The first kappa shape index (κ1) is 20.0. The van der Waals surface area contributed by atoms with E-state index in [1.807, 2.05) is 30.3 Å². The Morgan fingerprint density at radius 1 is 0.931 bits per heavy atom. The number of halogens is 1. The molecule has 0 heterocycles. The number of nitrogens with zero attached hydrogens (tertiary/aromatic N) is 3. The number of hydrogen-bond acceptors (Lipinski definition) is 6. The highest BCUT2D eigenvalue weighted by Gasteiger charge is 2.19. The molecule has 0 atom stereocenters. The van der Waals surface area contributed by atoms with Crippen LogP contribution in [0.1, 0.15) is 11.1 Å². The zero-order valence-corrected chi connectivity index (χ0v) is 15.7. The molecule has 0 saturated heterocycles. The van der Waals surface area contributed by atoms with Crippen LogP contribution in [0.25, 0.3) is 0 Å². The Morgan fingerprint density at radius 3 is 2.24 bits per heavy atom. The van der Waals surface area contributed by atoms with E-state index < -0.39 is 15.5 Å². The summed E-state index contributed by atoms with van der Waals surface area (Å²) in [5.74, 6) is 0. The zero-order valence-electron chi connectivity index (χ0n) is 15.0. The molecule has 0 aromatic heterocycles. The largest absolute Gasteiger partial charge is 0.301 e. The minimum Gasteiger partial charge on any atom is -0.271 e. The molecule has 0 unspecified atom stereocenters. The van der Waals surface area contributed by atoms with Crippen molar-refractivity contribution in [1.29, 1.82) is 0 Å². The van der Waals surface area contributed by atoms with Gasteiger partial charge in [0.05, 0.1) is 21.6 Å². The number of hydrogen-bond donors (Lipinski definition) is 1. The van der Waals surface area contributed by atoms with Crippen LogP contribution in [-0.2, 0) is 6.42 Å². The topological polar surface area (TPSA) is 111 Å². The quantitative estimate of drug-likeness (QED) is 0.326. The van der Waals surface area contributed by atoms with Crippen LogP contribution in [0.5, 0.6) is 0 Å². The van der Waals surface area contributed by atoms with Crippen molar-refractivity contribution in [3.8, 4) is 0 Å². The lowest BCUT2D eigenvalue weighted by Gasteiger charge is -2.09. The predicted octanol–water partition coefficient (Wildman–Crippen LogP) is 5.22. The maximum absolute atomic E-state index is 11.3. The number of nitrogens with one attached hydrogen (secondary N) is 1. The summed E-state index contributed by atoms with van der Waals surface area (Å²) in [5.41, 5.74) is 4.36. The summed E-state index contributed by atoms with van der Waals surface area (Å²) >= 11 is 5.96. The molecule has 0 bridgehead atoms. The molecule has 0 radical (unpaired) electrons. The lowest BCUT2D eigenvalue weighted by Crippen LogP contribution is -2.09. The first-order chi connectivity index (χ1) is 13.9. The third-order valence-corrected chi connectivity index (χ3v) is 4.34. The van der Waals surface area contributed by atoms with E-state index in [1.165, 1.54) is 12.1 Å². The van der Waals surface area contributed by atoms with E-state index in [0.717, 1.165) is 17.2 Å². The molecule has 0 spiro atoms. The number of nitro groups is 2. The van der Waals surface area contributed by atoms with Crippen molar-refractivity contribution in [2.24, 2.45) is 5.10 Å². The number of anilines is 1. The predicted molar refractivity (Wildman–Crippen MR) is 112 cm³/mol.